The van der Waals surface area contributed by atoms with Gasteiger partial charge in [0.15, 0.2) is 0 Å². The lowest BCUT2D eigenvalue weighted by atomic mass is 9.78. The summed E-state index contributed by atoms with van der Waals surface area (Å²) in [6.45, 7) is 2.24. The van der Waals surface area contributed by atoms with Crippen molar-refractivity contribution < 1.29 is 0 Å². The summed E-state index contributed by atoms with van der Waals surface area (Å²) in [5.41, 5.74) is 12.1. The summed E-state index contributed by atoms with van der Waals surface area (Å²) in [7, 11) is 0. The monoisotopic (exact) mass is 212 g/mol. The van der Waals surface area contributed by atoms with Gasteiger partial charge in [-0.1, -0.05) is 51.9 Å². The summed E-state index contributed by atoms with van der Waals surface area (Å²) >= 11 is 0. The van der Waals surface area contributed by atoms with Crippen LogP contribution in [0.15, 0.2) is 0 Å². The Morgan fingerprint density at radius 3 is 2.27 bits per heavy atom. The van der Waals surface area contributed by atoms with E-state index in [0.717, 1.165) is 6.42 Å². The van der Waals surface area contributed by atoms with Crippen molar-refractivity contribution in [2.75, 3.05) is 0 Å². The zero-order valence-electron chi connectivity index (χ0n) is 10.3. The highest BCUT2D eigenvalue weighted by molar-refractivity contribution is 4.87. The summed E-state index contributed by atoms with van der Waals surface area (Å²) in [5, 5.41) is 0. The van der Waals surface area contributed by atoms with Crippen LogP contribution in [0, 0.1) is 5.92 Å². The Hall–Kier alpha value is -0.0800. The maximum absolute atomic E-state index is 6.25. The van der Waals surface area contributed by atoms with Crippen LogP contribution in [0.5, 0.6) is 0 Å². The van der Waals surface area contributed by atoms with E-state index in [0.29, 0.717) is 5.92 Å². The van der Waals surface area contributed by atoms with Gasteiger partial charge in [0.2, 0.25) is 0 Å². The molecule has 0 atom stereocenters. The van der Waals surface area contributed by atoms with Crippen molar-refractivity contribution in [3.63, 3.8) is 0 Å². The molecule has 0 bridgehead atoms. The summed E-state index contributed by atoms with van der Waals surface area (Å²) in [6, 6.07) is 0. The summed E-state index contributed by atoms with van der Waals surface area (Å²) in [5.74, 6) is 0.577. The van der Waals surface area contributed by atoms with Crippen LogP contribution in [0.3, 0.4) is 0 Å². The van der Waals surface area contributed by atoms with Crippen molar-refractivity contribution in [1.29, 1.82) is 0 Å². The topological polar surface area (TPSA) is 52.0 Å². The SMILES string of the molecule is CCCCCCC(N)(N)C1CCCCC1. The molecule has 2 heteroatoms. The van der Waals surface area contributed by atoms with Crippen LogP contribution in [-0.2, 0) is 0 Å². The van der Waals surface area contributed by atoms with Crippen molar-refractivity contribution >= 4 is 0 Å². The molecular weight excluding hydrogens is 184 g/mol. The minimum atomic E-state index is -0.381. The summed E-state index contributed by atoms with van der Waals surface area (Å²) < 4.78 is 0. The molecule has 1 rings (SSSR count). The fourth-order valence-electron chi connectivity index (χ4n) is 2.70. The fraction of sp³-hybridized carbons (Fsp3) is 1.00. The molecule has 0 saturated heterocycles. The van der Waals surface area contributed by atoms with Gasteiger partial charge in [-0.3, -0.25) is 0 Å². The predicted octanol–water partition coefficient (Wildman–Crippen LogP) is 3.15. The molecule has 0 unspecified atom stereocenters. The summed E-state index contributed by atoms with van der Waals surface area (Å²) in [4.78, 5) is 0. The first-order valence-electron chi connectivity index (χ1n) is 6.74. The molecule has 0 aromatic heterocycles. The Kier molecular flexibility index (Phi) is 5.62. The molecule has 0 aromatic rings. The van der Waals surface area contributed by atoms with Crippen LogP contribution in [0.4, 0.5) is 0 Å². The quantitative estimate of drug-likeness (QED) is 0.525. The maximum Gasteiger partial charge on any atom is 0.0665 e. The first-order valence-corrected chi connectivity index (χ1v) is 6.74. The van der Waals surface area contributed by atoms with E-state index in [9.17, 15) is 0 Å². The fourth-order valence-corrected chi connectivity index (χ4v) is 2.70. The van der Waals surface area contributed by atoms with Crippen LogP contribution >= 0.6 is 0 Å². The number of unbranched alkanes of at least 4 members (excludes halogenated alkanes) is 3. The normalized spacial score (nSPS) is 19.4. The zero-order chi connectivity index (χ0) is 11.1. The average Bonchev–Trinajstić information content (AvgIpc) is 2.26. The first-order chi connectivity index (χ1) is 7.17. The van der Waals surface area contributed by atoms with Gasteiger partial charge >= 0.3 is 0 Å². The highest BCUT2D eigenvalue weighted by Crippen LogP contribution is 2.31. The van der Waals surface area contributed by atoms with Crippen LogP contribution in [0.2, 0.25) is 0 Å². The lowest BCUT2D eigenvalue weighted by molar-refractivity contribution is 0.194. The first kappa shape index (κ1) is 13.0. The highest BCUT2D eigenvalue weighted by Gasteiger charge is 2.30. The van der Waals surface area contributed by atoms with Gasteiger partial charge in [-0.15, -0.1) is 0 Å². The molecule has 15 heavy (non-hydrogen) atoms. The molecule has 0 aromatic carbocycles. The second kappa shape index (κ2) is 6.49. The van der Waals surface area contributed by atoms with Gasteiger partial charge < -0.3 is 11.5 Å². The van der Waals surface area contributed by atoms with E-state index in [-0.39, 0.29) is 5.66 Å². The maximum atomic E-state index is 6.25. The van der Waals surface area contributed by atoms with Crippen LogP contribution in [0.25, 0.3) is 0 Å². The predicted molar refractivity (Wildman–Crippen MR) is 66.4 cm³/mol. The molecule has 0 amide bonds. The third-order valence-corrected chi connectivity index (χ3v) is 3.83. The van der Waals surface area contributed by atoms with Crippen molar-refractivity contribution in [3.05, 3.63) is 0 Å². The lowest BCUT2D eigenvalue weighted by Crippen LogP contribution is -2.56. The lowest BCUT2D eigenvalue weighted by Gasteiger charge is -2.36. The van der Waals surface area contributed by atoms with Gasteiger partial charge in [0.25, 0.3) is 0 Å². The van der Waals surface area contributed by atoms with E-state index in [1.807, 2.05) is 0 Å². The molecule has 0 spiro atoms. The largest absolute Gasteiger partial charge is 0.313 e. The van der Waals surface area contributed by atoms with Crippen LogP contribution < -0.4 is 11.5 Å². The molecule has 2 nitrogen and oxygen atoms in total. The minimum absolute atomic E-state index is 0.381. The van der Waals surface area contributed by atoms with E-state index >= 15 is 0 Å². The summed E-state index contributed by atoms with van der Waals surface area (Å²) in [6.07, 6.45) is 12.6. The Morgan fingerprint density at radius 1 is 1.00 bits per heavy atom. The smallest absolute Gasteiger partial charge is 0.0665 e. The van der Waals surface area contributed by atoms with Gasteiger partial charge in [0, 0.05) is 0 Å². The third kappa shape index (κ3) is 4.52. The molecule has 0 radical (unpaired) electrons. The minimum Gasteiger partial charge on any atom is -0.313 e. The Balaban J connectivity index is 2.23. The van der Waals surface area contributed by atoms with Crippen molar-refractivity contribution in [1.82, 2.24) is 0 Å². The number of hydrogen-bond donors (Lipinski definition) is 2. The average molecular weight is 212 g/mol. The number of hydrogen-bond acceptors (Lipinski definition) is 2. The van der Waals surface area contributed by atoms with Crippen molar-refractivity contribution in [3.8, 4) is 0 Å². The molecule has 90 valence electrons. The zero-order valence-corrected chi connectivity index (χ0v) is 10.3. The Bertz CT molecular complexity index is 160. The molecule has 1 saturated carbocycles. The van der Waals surface area contributed by atoms with E-state index in [1.165, 1.54) is 57.8 Å². The van der Waals surface area contributed by atoms with Gasteiger partial charge in [-0.05, 0) is 25.2 Å². The standard InChI is InChI=1S/C13H28N2/c1-2-3-4-8-11-13(14,15)12-9-6-5-7-10-12/h12H,2-11,14-15H2,1H3. The van der Waals surface area contributed by atoms with Crippen molar-refractivity contribution in [2.45, 2.75) is 76.8 Å². The van der Waals surface area contributed by atoms with Gasteiger partial charge in [0.1, 0.15) is 0 Å². The molecule has 0 heterocycles. The van der Waals surface area contributed by atoms with Crippen LogP contribution in [0.1, 0.15) is 71.1 Å². The van der Waals surface area contributed by atoms with Gasteiger partial charge in [0.05, 0.1) is 5.66 Å². The van der Waals surface area contributed by atoms with Gasteiger partial charge in [-0.25, -0.2) is 0 Å². The Labute approximate surface area is 94.8 Å². The number of rotatable bonds is 6. The molecular formula is C13H28N2. The second-order valence-electron chi connectivity index (χ2n) is 5.26. The molecule has 1 fully saturated rings. The number of nitrogens with two attached hydrogens (primary N) is 2. The van der Waals surface area contributed by atoms with Crippen molar-refractivity contribution in [2.24, 2.45) is 17.4 Å². The molecule has 1 aliphatic rings. The Morgan fingerprint density at radius 2 is 1.67 bits per heavy atom. The second-order valence-corrected chi connectivity index (χ2v) is 5.26. The highest BCUT2D eigenvalue weighted by atomic mass is 15.0. The van der Waals surface area contributed by atoms with E-state index < -0.39 is 0 Å². The third-order valence-electron chi connectivity index (χ3n) is 3.83. The molecule has 0 aliphatic heterocycles. The van der Waals surface area contributed by atoms with E-state index in [1.54, 1.807) is 0 Å². The molecule has 1 aliphatic carbocycles. The van der Waals surface area contributed by atoms with Crippen LogP contribution in [-0.4, -0.2) is 5.66 Å². The molecule has 4 N–H and O–H groups in total. The van der Waals surface area contributed by atoms with E-state index in [4.69, 9.17) is 11.5 Å². The van der Waals surface area contributed by atoms with E-state index in [2.05, 4.69) is 6.92 Å². The van der Waals surface area contributed by atoms with Gasteiger partial charge in [-0.2, -0.15) is 0 Å².